The number of aliphatic carboxylic acids is 1. The molecule has 0 unspecified atom stereocenters. The Morgan fingerprint density at radius 3 is 2.26 bits per heavy atom. The molecule has 194 valence electrons. The molecular formula is C26H18F4N4O4. The number of nitrogens with zero attached hydrogens (tertiary/aromatic N) is 3. The summed E-state index contributed by atoms with van der Waals surface area (Å²) in [6, 6.07) is 15.5. The molecule has 8 nitrogen and oxygen atoms in total. The highest BCUT2D eigenvalue weighted by molar-refractivity contribution is 6.09. The Labute approximate surface area is 212 Å². The number of rotatable bonds is 4. The number of nitrogens with one attached hydrogen (secondary N) is 1. The molecule has 5 aromatic rings. The number of carbonyl (C=O) groups excluding carboxylic acids is 1. The Balaban J connectivity index is 0.000000426. The van der Waals surface area contributed by atoms with E-state index >= 15 is 0 Å². The standard InChI is InChI=1S/C24H17FN4O2.C2HF3O2/c1-15-2-9-22(26-11-15)28-24(30)20-10-19-8-5-17(16-3-6-18(25)7-4-16)12-29(19)23(20)21-13-31-14-27-21;3-2(4,5)1(6)7/h2-14H,1H3,(H,26,28,30);(H,6,7). The maximum atomic E-state index is 13.3. The average Bonchev–Trinajstić information content (AvgIpc) is 3.53. The predicted molar refractivity (Wildman–Crippen MR) is 129 cm³/mol. The van der Waals surface area contributed by atoms with Crippen LogP contribution in [0.3, 0.4) is 0 Å². The molecule has 0 saturated carbocycles. The van der Waals surface area contributed by atoms with Crippen molar-refractivity contribution in [3.05, 3.63) is 96.6 Å². The Bertz CT molecular complexity index is 1580. The van der Waals surface area contributed by atoms with Gasteiger partial charge in [0.2, 0.25) is 0 Å². The molecule has 1 amide bonds. The highest BCUT2D eigenvalue weighted by Gasteiger charge is 2.38. The van der Waals surface area contributed by atoms with Crippen molar-refractivity contribution in [2.75, 3.05) is 5.32 Å². The number of anilines is 1. The lowest BCUT2D eigenvalue weighted by Crippen LogP contribution is -2.21. The van der Waals surface area contributed by atoms with Crippen molar-refractivity contribution in [1.82, 2.24) is 14.4 Å². The number of hydrogen-bond acceptors (Lipinski definition) is 5. The van der Waals surface area contributed by atoms with Gasteiger partial charge in [0, 0.05) is 17.9 Å². The number of aromatic nitrogens is 3. The maximum Gasteiger partial charge on any atom is 0.490 e. The summed E-state index contributed by atoms with van der Waals surface area (Å²) in [6.07, 6.45) is 1.32. The van der Waals surface area contributed by atoms with Gasteiger partial charge in [-0.3, -0.25) is 4.79 Å². The fourth-order valence-electron chi connectivity index (χ4n) is 3.47. The number of amides is 1. The van der Waals surface area contributed by atoms with Gasteiger partial charge in [-0.05, 0) is 53.9 Å². The molecular weight excluding hydrogens is 508 g/mol. The fourth-order valence-corrected chi connectivity index (χ4v) is 3.47. The summed E-state index contributed by atoms with van der Waals surface area (Å²) < 4.78 is 52.1. The van der Waals surface area contributed by atoms with Gasteiger partial charge in [0.05, 0.1) is 11.3 Å². The molecule has 4 heterocycles. The Kier molecular flexibility index (Phi) is 7.24. The van der Waals surface area contributed by atoms with Crippen molar-refractivity contribution in [1.29, 1.82) is 0 Å². The first-order valence-corrected chi connectivity index (χ1v) is 10.9. The molecule has 5 rings (SSSR count). The summed E-state index contributed by atoms with van der Waals surface area (Å²) in [7, 11) is 0. The molecule has 0 atom stereocenters. The Morgan fingerprint density at radius 1 is 1.00 bits per heavy atom. The number of carboxylic acid groups (broad SMARTS) is 1. The second-order valence-corrected chi connectivity index (χ2v) is 7.98. The van der Waals surface area contributed by atoms with Crippen LogP contribution in [0.1, 0.15) is 15.9 Å². The third-order valence-corrected chi connectivity index (χ3v) is 5.26. The average molecular weight is 526 g/mol. The topological polar surface area (TPSA) is 110 Å². The zero-order valence-electron chi connectivity index (χ0n) is 19.5. The quantitative estimate of drug-likeness (QED) is 0.279. The zero-order chi connectivity index (χ0) is 27.4. The van der Waals surface area contributed by atoms with Gasteiger partial charge in [0.1, 0.15) is 23.6 Å². The lowest BCUT2D eigenvalue weighted by molar-refractivity contribution is -0.192. The first-order chi connectivity index (χ1) is 18.0. The van der Waals surface area contributed by atoms with Crippen LogP contribution < -0.4 is 5.32 Å². The van der Waals surface area contributed by atoms with Gasteiger partial charge in [-0.15, -0.1) is 0 Å². The van der Waals surface area contributed by atoms with E-state index in [0.717, 1.165) is 22.2 Å². The van der Waals surface area contributed by atoms with Crippen LogP contribution in [-0.4, -0.2) is 37.5 Å². The minimum Gasteiger partial charge on any atom is -0.475 e. The van der Waals surface area contributed by atoms with Crippen LogP contribution >= 0.6 is 0 Å². The van der Waals surface area contributed by atoms with E-state index in [1.54, 1.807) is 30.5 Å². The highest BCUT2D eigenvalue weighted by Crippen LogP contribution is 2.30. The fraction of sp³-hybridized carbons (Fsp3) is 0.0769. The molecule has 0 radical (unpaired) electrons. The van der Waals surface area contributed by atoms with Gasteiger partial charge in [-0.1, -0.05) is 24.3 Å². The van der Waals surface area contributed by atoms with E-state index in [0.29, 0.717) is 22.8 Å². The summed E-state index contributed by atoms with van der Waals surface area (Å²) >= 11 is 0. The van der Waals surface area contributed by atoms with Crippen molar-refractivity contribution in [3.8, 4) is 22.5 Å². The van der Waals surface area contributed by atoms with Crippen molar-refractivity contribution in [2.24, 2.45) is 0 Å². The van der Waals surface area contributed by atoms with Crippen LogP contribution in [-0.2, 0) is 4.79 Å². The molecule has 0 saturated heterocycles. The molecule has 38 heavy (non-hydrogen) atoms. The lowest BCUT2D eigenvalue weighted by Gasteiger charge is -2.07. The minimum absolute atomic E-state index is 0.294. The van der Waals surface area contributed by atoms with E-state index in [9.17, 15) is 22.4 Å². The third kappa shape index (κ3) is 5.86. The smallest absolute Gasteiger partial charge is 0.475 e. The molecule has 4 aromatic heterocycles. The van der Waals surface area contributed by atoms with Crippen LogP contribution in [0.15, 0.2) is 84.1 Å². The number of pyridine rings is 2. The SMILES string of the molecule is Cc1ccc(NC(=O)c2cc3ccc(-c4ccc(F)cc4)cn3c2-c2cocn2)nc1.O=C(O)C(F)(F)F. The van der Waals surface area contributed by atoms with Gasteiger partial charge in [0.15, 0.2) is 6.39 Å². The molecule has 0 aliphatic rings. The number of aryl methyl sites for hydroxylation is 1. The van der Waals surface area contributed by atoms with E-state index in [-0.39, 0.29) is 11.7 Å². The second-order valence-electron chi connectivity index (χ2n) is 7.98. The summed E-state index contributed by atoms with van der Waals surface area (Å²) in [6.45, 7) is 1.93. The third-order valence-electron chi connectivity index (χ3n) is 5.26. The van der Waals surface area contributed by atoms with Crippen LogP contribution in [0.25, 0.3) is 28.0 Å². The second kappa shape index (κ2) is 10.5. The Hall–Kier alpha value is -5.00. The van der Waals surface area contributed by atoms with E-state index in [1.807, 2.05) is 35.7 Å². The number of carbonyl (C=O) groups is 2. The lowest BCUT2D eigenvalue weighted by atomic mass is 10.1. The van der Waals surface area contributed by atoms with Crippen LogP contribution in [0.5, 0.6) is 0 Å². The van der Waals surface area contributed by atoms with Crippen molar-refractivity contribution < 1.29 is 36.7 Å². The maximum absolute atomic E-state index is 13.3. The number of halogens is 4. The Morgan fingerprint density at radius 2 is 1.68 bits per heavy atom. The predicted octanol–water partition coefficient (Wildman–Crippen LogP) is 5.99. The summed E-state index contributed by atoms with van der Waals surface area (Å²) in [5, 5.41) is 9.96. The number of hydrogen-bond donors (Lipinski definition) is 2. The van der Waals surface area contributed by atoms with Gasteiger partial charge >= 0.3 is 12.1 Å². The van der Waals surface area contributed by atoms with E-state index in [1.165, 1.54) is 24.8 Å². The monoisotopic (exact) mass is 526 g/mol. The molecule has 0 spiro atoms. The van der Waals surface area contributed by atoms with Crippen LogP contribution in [0, 0.1) is 12.7 Å². The molecule has 2 N–H and O–H groups in total. The molecule has 0 aliphatic heterocycles. The van der Waals surface area contributed by atoms with Gasteiger partial charge < -0.3 is 19.2 Å². The molecule has 1 aromatic carbocycles. The first-order valence-electron chi connectivity index (χ1n) is 10.9. The first kappa shape index (κ1) is 26.1. The summed E-state index contributed by atoms with van der Waals surface area (Å²) in [5.41, 5.74) is 5.11. The number of oxazole rings is 1. The highest BCUT2D eigenvalue weighted by atomic mass is 19.4. The number of carboxylic acids is 1. The molecule has 0 fully saturated rings. The summed E-state index contributed by atoms with van der Waals surface area (Å²) in [4.78, 5) is 30.5. The van der Waals surface area contributed by atoms with Gasteiger partial charge in [-0.25, -0.2) is 19.2 Å². The molecule has 12 heteroatoms. The molecule has 0 bridgehead atoms. The largest absolute Gasteiger partial charge is 0.490 e. The van der Waals surface area contributed by atoms with Crippen LogP contribution in [0.4, 0.5) is 23.4 Å². The number of benzene rings is 1. The van der Waals surface area contributed by atoms with Crippen molar-refractivity contribution in [2.45, 2.75) is 13.1 Å². The van der Waals surface area contributed by atoms with Crippen LogP contribution in [0.2, 0.25) is 0 Å². The van der Waals surface area contributed by atoms with Gasteiger partial charge in [-0.2, -0.15) is 13.2 Å². The molecule has 0 aliphatic carbocycles. The van der Waals surface area contributed by atoms with E-state index < -0.39 is 12.1 Å². The zero-order valence-corrected chi connectivity index (χ0v) is 19.5. The van der Waals surface area contributed by atoms with Crippen molar-refractivity contribution in [3.63, 3.8) is 0 Å². The van der Waals surface area contributed by atoms with Gasteiger partial charge in [0.25, 0.3) is 5.91 Å². The van der Waals surface area contributed by atoms with Crippen molar-refractivity contribution >= 4 is 23.2 Å². The minimum atomic E-state index is -5.08. The van der Waals surface area contributed by atoms with E-state index in [2.05, 4.69) is 15.3 Å². The van der Waals surface area contributed by atoms with E-state index in [4.69, 9.17) is 14.3 Å². The normalized spacial score (nSPS) is 11.1. The number of alkyl halides is 3. The summed E-state index contributed by atoms with van der Waals surface area (Å²) in [5.74, 6) is -2.89. The number of fused-ring (bicyclic) bond motifs is 1.